The van der Waals surface area contributed by atoms with Gasteiger partial charge in [-0.3, -0.25) is 19.4 Å². The molecule has 0 unspecified atom stereocenters. The molecule has 1 aromatic heterocycles. The van der Waals surface area contributed by atoms with E-state index in [9.17, 15) is 31.9 Å². The van der Waals surface area contributed by atoms with Crippen molar-refractivity contribution in [2.24, 2.45) is 17.6 Å². The number of nitrogens with one attached hydrogen (secondary N) is 1. The topological polar surface area (TPSA) is 121 Å². The van der Waals surface area contributed by atoms with Gasteiger partial charge in [0.2, 0.25) is 5.82 Å². The van der Waals surface area contributed by atoms with Gasteiger partial charge in [0.1, 0.15) is 23.7 Å². The van der Waals surface area contributed by atoms with Crippen LogP contribution in [0.25, 0.3) is 0 Å². The molecule has 2 aliphatic rings. The number of carbonyl (C=O) groups is 3. The highest BCUT2D eigenvalue weighted by atomic mass is 19.4. The summed E-state index contributed by atoms with van der Waals surface area (Å²) in [5, 5.41) is 2.39. The molecule has 0 radical (unpaired) electrons. The summed E-state index contributed by atoms with van der Waals surface area (Å²) >= 11 is 0. The Labute approximate surface area is 220 Å². The Morgan fingerprint density at radius 1 is 1.18 bits per heavy atom. The number of rotatable bonds is 7. The fourth-order valence-electron chi connectivity index (χ4n) is 4.97. The molecule has 1 saturated heterocycles. The predicted octanol–water partition coefficient (Wildman–Crippen LogP) is 4.28. The average Bonchev–Trinajstić information content (AvgIpc) is 3.10. The van der Waals surface area contributed by atoms with E-state index in [0.717, 1.165) is 25.1 Å². The highest BCUT2D eigenvalue weighted by Crippen LogP contribution is 2.55. The van der Waals surface area contributed by atoms with Crippen LogP contribution in [0.15, 0.2) is 30.5 Å². The van der Waals surface area contributed by atoms with Gasteiger partial charge in [-0.1, -0.05) is 13.0 Å². The van der Waals surface area contributed by atoms with E-state index >= 15 is 4.39 Å². The first kappa shape index (κ1) is 28.4. The van der Waals surface area contributed by atoms with Gasteiger partial charge >= 0.3 is 6.18 Å². The number of hydrogen-bond donors (Lipinski definition) is 2. The largest absolute Gasteiger partial charge is 0.487 e. The van der Waals surface area contributed by atoms with Gasteiger partial charge in [-0.05, 0) is 44.9 Å². The second-order valence-corrected chi connectivity index (χ2v) is 10.0. The third kappa shape index (κ3) is 5.19. The summed E-state index contributed by atoms with van der Waals surface area (Å²) in [5.74, 6) is -8.57. The average molecular weight is 556 g/mol. The van der Waals surface area contributed by atoms with Crippen LogP contribution in [0.3, 0.4) is 0 Å². The van der Waals surface area contributed by atoms with Crippen molar-refractivity contribution in [1.29, 1.82) is 0 Å². The Morgan fingerprint density at radius 2 is 1.85 bits per heavy atom. The molecule has 1 aromatic carbocycles. The quantitative estimate of drug-likeness (QED) is 0.492. The minimum atomic E-state index is -4.93. The number of benzene rings is 1. The van der Waals surface area contributed by atoms with Gasteiger partial charge in [-0.2, -0.15) is 17.6 Å². The molecule has 210 valence electrons. The molecule has 39 heavy (non-hydrogen) atoms. The van der Waals surface area contributed by atoms with Crippen LogP contribution in [-0.2, 0) is 14.3 Å². The van der Waals surface area contributed by atoms with Crippen molar-refractivity contribution in [1.82, 2.24) is 4.98 Å². The Hall–Kier alpha value is -3.61. The number of alkyl halides is 3. The van der Waals surface area contributed by atoms with Crippen LogP contribution in [0.2, 0.25) is 0 Å². The number of nitrogens with zero attached hydrogens (tertiary/aromatic N) is 1. The third-order valence-electron chi connectivity index (χ3n) is 7.60. The van der Waals surface area contributed by atoms with Crippen molar-refractivity contribution in [3.8, 4) is 5.75 Å². The number of ketones is 1. The van der Waals surface area contributed by atoms with Gasteiger partial charge in [0.25, 0.3) is 11.8 Å². The SMILES string of the molecule is CC(=O)[C@H]1C[C@H](Oc2c([C@H]3[C@H](C(=O)Nc4ccnc(C(N)=O)c4)O[C@@](C)(C(F)(F)F)[C@H]3C)ccc(F)c2F)C1. The number of primary amides is 1. The number of aromatic nitrogens is 1. The van der Waals surface area contributed by atoms with E-state index in [1.54, 1.807) is 0 Å². The minimum absolute atomic E-state index is 0.00548. The lowest BCUT2D eigenvalue weighted by atomic mass is 9.76. The van der Waals surface area contributed by atoms with E-state index in [1.165, 1.54) is 26.1 Å². The van der Waals surface area contributed by atoms with Crippen LogP contribution in [0, 0.1) is 23.5 Å². The molecule has 2 aromatic rings. The molecule has 1 aliphatic heterocycles. The van der Waals surface area contributed by atoms with Gasteiger partial charge in [0.05, 0.1) is 0 Å². The van der Waals surface area contributed by atoms with Crippen LogP contribution >= 0.6 is 0 Å². The second kappa shape index (κ2) is 10.2. The maximum Gasteiger partial charge on any atom is 0.417 e. The number of Topliss-reactive ketones (excluding diaryl/α,β-unsaturated/α-hetero) is 1. The second-order valence-electron chi connectivity index (χ2n) is 10.0. The first-order valence-corrected chi connectivity index (χ1v) is 12.1. The van der Waals surface area contributed by atoms with Crippen LogP contribution < -0.4 is 15.8 Å². The summed E-state index contributed by atoms with van der Waals surface area (Å²) in [5.41, 5.74) is 1.97. The molecule has 4 rings (SSSR count). The number of pyridine rings is 1. The molecule has 4 atom stereocenters. The summed E-state index contributed by atoms with van der Waals surface area (Å²) in [6.07, 6.45) is -5.80. The molecule has 13 heteroatoms. The van der Waals surface area contributed by atoms with Crippen molar-refractivity contribution < 1.29 is 45.8 Å². The summed E-state index contributed by atoms with van der Waals surface area (Å²) in [6, 6.07) is 4.22. The molecule has 1 saturated carbocycles. The van der Waals surface area contributed by atoms with Crippen molar-refractivity contribution in [3.63, 3.8) is 0 Å². The number of anilines is 1. The predicted molar refractivity (Wildman–Crippen MR) is 127 cm³/mol. The monoisotopic (exact) mass is 555 g/mol. The smallest absolute Gasteiger partial charge is 0.417 e. The Balaban J connectivity index is 1.73. The molecular weight excluding hydrogens is 529 g/mol. The zero-order chi connectivity index (χ0) is 28.9. The zero-order valence-electron chi connectivity index (χ0n) is 21.1. The Bertz CT molecular complexity index is 1310. The zero-order valence-corrected chi connectivity index (χ0v) is 21.1. The first-order valence-electron chi connectivity index (χ1n) is 12.1. The summed E-state index contributed by atoms with van der Waals surface area (Å²) < 4.78 is 83.0. The van der Waals surface area contributed by atoms with Crippen molar-refractivity contribution in [2.75, 3.05) is 5.32 Å². The molecule has 2 amide bonds. The van der Waals surface area contributed by atoms with Gasteiger partial charge in [-0.25, -0.2) is 4.39 Å². The standard InChI is InChI=1S/C26H26F5N3O5/c1-11-19(16-4-5-17(27)20(28)21(16)38-15-8-13(9-15)12(2)35)22(39-25(11,3)26(29,30)31)24(37)34-14-6-7-33-18(10-14)23(32)36/h4-7,10-11,13,15,19,22H,8-9H2,1-3H3,(H2,32,36)(H,33,34,37)/t11-,13-,15-,19-,22+,25+/m0/s1. The van der Waals surface area contributed by atoms with Gasteiger partial charge < -0.3 is 20.5 Å². The summed E-state index contributed by atoms with van der Waals surface area (Å²) in [6.45, 7) is 3.37. The third-order valence-corrected chi connectivity index (χ3v) is 7.60. The van der Waals surface area contributed by atoms with Crippen LogP contribution in [-0.4, -0.2) is 46.6 Å². The number of halogens is 5. The van der Waals surface area contributed by atoms with E-state index in [-0.39, 0.29) is 41.5 Å². The van der Waals surface area contributed by atoms with E-state index < -0.39 is 65.0 Å². The number of amides is 2. The molecule has 2 fully saturated rings. The van der Waals surface area contributed by atoms with Crippen molar-refractivity contribution in [2.45, 2.75) is 63.5 Å². The summed E-state index contributed by atoms with van der Waals surface area (Å²) in [4.78, 5) is 40.1. The number of ether oxygens (including phenoxy) is 2. The van der Waals surface area contributed by atoms with Crippen molar-refractivity contribution >= 4 is 23.3 Å². The van der Waals surface area contributed by atoms with Gasteiger partial charge in [-0.15, -0.1) is 0 Å². The summed E-state index contributed by atoms with van der Waals surface area (Å²) in [7, 11) is 0. The molecule has 0 spiro atoms. The molecular formula is C26H26F5N3O5. The molecule has 1 aliphatic carbocycles. The Kier molecular flexibility index (Phi) is 7.41. The van der Waals surface area contributed by atoms with Crippen molar-refractivity contribution in [3.05, 3.63) is 53.4 Å². The van der Waals surface area contributed by atoms with Gasteiger partial charge in [0, 0.05) is 35.2 Å². The highest BCUT2D eigenvalue weighted by molar-refractivity contribution is 5.97. The fourth-order valence-corrected chi connectivity index (χ4v) is 4.97. The first-order chi connectivity index (χ1) is 18.1. The number of carbonyl (C=O) groups excluding carboxylic acids is 3. The lowest BCUT2D eigenvalue weighted by Crippen LogP contribution is -2.47. The van der Waals surface area contributed by atoms with E-state index in [1.807, 2.05) is 0 Å². The molecule has 3 N–H and O–H groups in total. The number of nitrogens with two attached hydrogens (primary N) is 1. The minimum Gasteiger partial charge on any atom is -0.487 e. The highest BCUT2D eigenvalue weighted by Gasteiger charge is 2.66. The molecule has 2 heterocycles. The fraction of sp³-hybridized carbons (Fsp3) is 0.462. The van der Waals surface area contributed by atoms with E-state index in [4.69, 9.17) is 15.2 Å². The lowest BCUT2D eigenvalue weighted by Gasteiger charge is -2.35. The maximum absolute atomic E-state index is 15.1. The Morgan fingerprint density at radius 3 is 2.44 bits per heavy atom. The van der Waals surface area contributed by atoms with E-state index in [2.05, 4.69) is 10.3 Å². The maximum atomic E-state index is 15.1. The number of hydrogen-bond acceptors (Lipinski definition) is 6. The lowest BCUT2D eigenvalue weighted by molar-refractivity contribution is -0.272. The molecule has 0 bridgehead atoms. The van der Waals surface area contributed by atoms with Gasteiger partial charge in [0.15, 0.2) is 17.2 Å². The van der Waals surface area contributed by atoms with Crippen LogP contribution in [0.1, 0.15) is 55.6 Å². The van der Waals surface area contributed by atoms with E-state index in [0.29, 0.717) is 0 Å². The normalized spacial score (nSPS) is 28.5. The van der Waals surface area contributed by atoms with Crippen LogP contribution in [0.5, 0.6) is 5.75 Å². The molecule has 8 nitrogen and oxygen atoms in total. The van der Waals surface area contributed by atoms with Crippen LogP contribution in [0.4, 0.5) is 27.6 Å².